The number of methoxy groups -OCH3 is 1. The molecule has 146 valence electrons. The van der Waals surface area contributed by atoms with Gasteiger partial charge in [-0.3, -0.25) is 4.79 Å². The Labute approximate surface area is 165 Å². The van der Waals surface area contributed by atoms with E-state index in [0.29, 0.717) is 22.0 Å². The van der Waals surface area contributed by atoms with Gasteiger partial charge in [-0.15, -0.1) is 0 Å². The van der Waals surface area contributed by atoms with Crippen LogP contribution in [0.2, 0.25) is 5.02 Å². The summed E-state index contributed by atoms with van der Waals surface area (Å²) in [7, 11) is -2.29. The first-order chi connectivity index (χ1) is 12.7. The molecule has 0 saturated carbocycles. The molecule has 1 amide bonds. The van der Waals surface area contributed by atoms with E-state index < -0.39 is 15.9 Å². The standard InChI is InChI=1S/C19H23ClN2O4S/c1-5-22(12-19(23)21-15-7-6-13(2)17(20)11-15)27(24,25)16-8-9-18(26-4)14(3)10-16/h6-11H,5,12H2,1-4H3,(H,21,23). The second-order valence-electron chi connectivity index (χ2n) is 6.07. The van der Waals surface area contributed by atoms with Crippen LogP contribution in [0.25, 0.3) is 0 Å². The first-order valence-electron chi connectivity index (χ1n) is 8.39. The molecule has 0 heterocycles. The zero-order valence-corrected chi connectivity index (χ0v) is 17.3. The van der Waals surface area contributed by atoms with Gasteiger partial charge in [0.1, 0.15) is 5.75 Å². The Hall–Kier alpha value is -2.09. The van der Waals surface area contributed by atoms with Crippen LogP contribution in [0.5, 0.6) is 5.75 Å². The number of rotatable bonds is 7. The molecule has 0 aliphatic rings. The molecule has 2 rings (SSSR count). The fourth-order valence-electron chi connectivity index (χ4n) is 2.56. The number of likely N-dealkylation sites (N-methyl/N-ethyl adjacent to an activating group) is 1. The van der Waals surface area contributed by atoms with Crippen molar-refractivity contribution in [3.8, 4) is 5.75 Å². The summed E-state index contributed by atoms with van der Waals surface area (Å²) >= 11 is 6.05. The lowest BCUT2D eigenvalue weighted by molar-refractivity contribution is -0.116. The Kier molecular flexibility index (Phi) is 6.86. The van der Waals surface area contributed by atoms with Crippen LogP contribution >= 0.6 is 11.6 Å². The van der Waals surface area contributed by atoms with Gasteiger partial charge in [-0.25, -0.2) is 8.42 Å². The zero-order valence-electron chi connectivity index (χ0n) is 15.7. The van der Waals surface area contributed by atoms with Crippen molar-refractivity contribution in [2.45, 2.75) is 25.7 Å². The molecule has 0 radical (unpaired) electrons. The molecule has 8 heteroatoms. The maximum absolute atomic E-state index is 12.9. The predicted molar refractivity (Wildman–Crippen MR) is 107 cm³/mol. The predicted octanol–water partition coefficient (Wildman–Crippen LogP) is 3.61. The van der Waals surface area contributed by atoms with E-state index in [1.165, 1.54) is 19.2 Å². The van der Waals surface area contributed by atoms with Crippen molar-refractivity contribution in [2.24, 2.45) is 0 Å². The van der Waals surface area contributed by atoms with Crippen LogP contribution < -0.4 is 10.1 Å². The number of amides is 1. The summed E-state index contributed by atoms with van der Waals surface area (Å²) in [5, 5.41) is 3.21. The van der Waals surface area contributed by atoms with Crippen LogP contribution in [-0.2, 0) is 14.8 Å². The summed E-state index contributed by atoms with van der Waals surface area (Å²) in [5.74, 6) is 0.163. The minimum atomic E-state index is -3.81. The zero-order chi connectivity index (χ0) is 20.2. The van der Waals surface area contributed by atoms with Gasteiger partial charge in [0.25, 0.3) is 0 Å². The van der Waals surface area contributed by atoms with E-state index >= 15 is 0 Å². The molecule has 0 spiro atoms. The third-order valence-electron chi connectivity index (χ3n) is 4.13. The monoisotopic (exact) mass is 410 g/mol. The van der Waals surface area contributed by atoms with Gasteiger partial charge < -0.3 is 10.1 Å². The SMILES string of the molecule is CCN(CC(=O)Nc1ccc(C)c(Cl)c1)S(=O)(=O)c1ccc(OC)c(C)c1. The second kappa shape index (κ2) is 8.73. The maximum Gasteiger partial charge on any atom is 0.243 e. The number of carbonyl (C=O) groups is 1. The second-order valence-corrected chi connectivity index (χ2v) is 8.42. The van der Waals surface area contributed by atoms with Crippen molar-refractivity contribution in [2.75, 3.05) is 25.5 Å². The molecule has 0 saturated heterocycles. The molecule has 0 aromatic heterocycles. The van der Waals surface area contributed by atoms with Crippen molar-refractivity contribution in [1.29, 1.82) is 0 Å². The first kappa shape index (κ1) is 21.2. The van der Waals surface area contributed by atoms with Crippen molar-refractivity contribution < 1.29 is 17.9 Å². The van der Waals surface area contributed by atoms with E-state index in [0.717, 1.165) is 9.87 Å². The average Bonchev–Trinajstić information content (AvgIpc) is 2.62. The molecule has 0 bridgehead atoms. The number of benzene rings is 2. The molecule has 0 fully saturated rings. The summed E-state index contributed by atoms with van der Waals surface area (Å²) in [6, 6.07) is 9.75. The van der Waals surface area contributed by atoms with Crippen molar-refractivity contribution in [1.82, 2.24) is 4.31 Å². The number of ether oxygens (including phenoxy) is 1. The Morgan fingerprint density at radius 1 is 1.15 bits per heavy atom. The maximum atomic E-state index is 12.9. The molecule has 0 aliphatic heterocycles. The molecule has 27 heavy (non-hydrogen) atoms. The third-order valence-corrected chi connectivity index (χ3v) is 6.46. The minimum absolute atomic E-state index is 0.119. The highest BCUT2D eigenvalue weighted by atomic mass is 35.5. The fourth-order valence-corrected chi connectivity index (χ4v) is 4.23. The fraction of sp³-hybridized carbons (Fsp3) is 0.316. The van der Waals surface area contributed by atoms with E-state index in [2.05, 4.69) is 5.32 Å². The Balaban J connectivity index is 2.18. The number of halogens is 1. The highest BCUT2D eigenvalue weighted by Crippen LogP contribution is 2.24. The summed E-state index contributed by atoms with van der Waals surface area (Å²) in [6.45, 7) is 5.17. The van der Waals surface area contributed by atoms with Crippen LogP contribution in [-0.4, -0.2) is 38.8 Å². The summed E-state index contributed by atoms with van der Waals surface area (Å²) < 4.78 is 32.1. The van der Waals surface area contributed by atoms with E-state index in [1.807, 2.05) is 6.92 Å². The molecule has 6 nitrogen and oxygen atoms in total. The summed E-state index contributed by atoms with van der Waals surface area (Å²) in [6.07, 6.45) is 0. The summed E-state index contributed by atoms with van der Waals surface area (Å²) in [5.41, 5.74) is 2.11. The van der Waals surface area contributed by atoms with Gasteiger partial charge in [-0.2, -0.15) is 4.31 Å². The van der Waals surface area contributed by atoms with Crippen molar-refractivity contribution >= 4 is 33.2 Å². The lowest BCUT2D eigenvalue weighted by Crippen LogP contribution is -2.37. The molecule has 0 aliphatic carbocycles. The quantitative estimate of drug-likeness (QED) is 0.756. The van der Waals surface area contributed by atoms with Gasteiger partial charge in [0.15, 0.2) is 0 Å². The van der Waals surface area contributed by atoms with Gasteiger partial charge in [0, 0.05) is 17.3 Å². The van der Waals surface area contributed by atoms with E-state index in [1.54, 1.807) is 38.1 Å². The number of aryl methyl sites for hydroxylation is 2. The number of hydrogen-bond donors (Lipinski definition) is 1. The highest BCUT2D eigenvalue weighted by molar-refractivity contribution is 7.89. The average molecular weight is 411 g/mol. The Bertz CT molecular complexity index is 945. The van der Waals surface area contributed by atoms with Crippen molar-refractivity contribution in [3.63, 3.8) is 0 Å². The first-order valence-corrected chi connectivity index (χ1v) is 10.2. The third kappa shape index (κ3) is 5.00. The number of nitrogens with zero attached hydrogens (tertiary/aromatic N) is 1. The molecule has 1 N–H and O–H groups in total. The van der Waals surface area contributed by atoms with Gasteiger partial charge in [-0.1, -0.05) is 24.6 Å². The van der Waals surface area contributed by atoms with Gasteiger partial charge in [0.2, 0.25) is 15.9 Å². The number of carbonyl (C=O) groups excluding carboxylic acids is 1. The van der Waals surface area contributed by atoms with Gasteiger partial charge >= 0.3 is 0 Å². The van der Waals surface area contributed by atoms with Crippen LogP contribution in [0.4, 0.5) is 5.69 Å². The Morgan fingerprint density at radius 2 is 1.85 bits per heavy atom. The largest absolute Gasteiger partial charge is 0.496 e. The number of anilines is 1. The molecule has 0 atom stereocenters. The molecule has 2 aromatic carbocycles. The topological polar surface area (TPSA) is 75.7 Å². The number of sulfonamides is 1. The minimum Gasteiger partial charge on any atom is -0.496 e. The summed E-state index contributed by atoms with van der Waals surface area (Å²) in [4.78, 5) is 12.5. The number of hydrogen-bond acceptors (Lipinski definition) is 4. The molecule has 2 aromatic rings. The molecule has 0 unspecified atom stereocenters. The van der Waals surface area contributed by atoms with Crippen LogP contribution in [0.15, 0.2) is 41.3 Å². The Morgan fingerprint density at radius 3 is 2.41 bits per heavy atom. The van der Waals surface area contributed by atoms with Crippen LogP contribution in [0, 0.1) is 13.8 Å². The van der Waals surface area contributed by atoms with Gasteiger partial charge in [0.05, 0.1) is 18.6 Å². The van der Waals surface area contributed by atoms with E-state index in [9.17, 15) is 13.2 Å². The molecular weight excluding hydrogens is 388 g/mol. The van der Waals surface area contributed by atoms with E-state index in [-0.39, 0.29) is 18.0 Å². The van der Waals surface area contributed by atoms with Gasteiger partial charge in [-0.05, 0) is 55.3 Å². The van der Waals surface area contributed by atoms with Crippen LogP contribution in [0.3, 0.4) is 0 Å². The number of nitrogens with one attached hydrogen (secondary N) is 1. The lowest BCUT2D eigenvalue weighted by Gasteiger charge is -2.20. The smallest absolute Gasteiger partial charge is 0.243 e. The van der Waals surface area contributed by atoms with E-state index in [4.69, 9.17) is 16.3 Å². The van der Waals surface area contributed by atoms with Crippen molar-refractivity contribution in [3.05, 3.63) is 52.5 Å². The van der Waals surface area contributed by atoms with Crippen LogP contribution in [0.1, 0.15) is 18.1 Å². The lowest BCUT2D eigenvalue weighted by atomic mass is 10.2. The molecular formula is C19H23ClN2O4S. The highest BCUT2D eigenvalue weighted by Gasteiger charge is 2.26. The normalized spacial score (nSPS) is 11.5.